The molecule has 2 aromatic rings. The summed E-state index contributed by atoms with van der Waals surface area (Å²) in [6, 6.07) is 7.65. The van der Waals surface area contributed by atoms with E-state index in [0.29, 0.717) is 12.5 Å². The van der Waals surface area contributed by atoms with Gasteiger partial charge >= 0.3 is 0 Å². The maximum absolute atomic E-state index is 5.91. The van der Waals surface area contributed by atoms with Crippen molar-refractivity contribution >= 4 is 11.6 Å². The second kappa shape index (κ2) is 4.71. The second-order valence-electron chi connectivity index (χ2n) is 4.64. The SMILES string of the molecule is NCc1nnn(-c2ccc(Cl)cc2)c1C1CCC1. The first-order chi connectivity index (χ1) is 8.79. The molecule has 1 saturated carbocycles. The summed E-state index contributed by atoms with van der Waals surface area (Å²) in [4.78, 5) is 0. The number of rotatable bonds is 3. The van der Waals surface area contributed by atoms with E-state index in [1.807, 2.05) is 28.9 Å². The predicted molar refractivity (Wildman–Crippen MR) is 70.9 cm³/mol. The van der Waals surface area contributed by atoms with Gasteiger partial charge in [0.1, 0.15) is 5.69 Å². The Hall–Kier alpha value is -1.39. The number of benzene rings is 1. The van der Waals surface area contributed by atoms with Crippen LogP contribution in [0.2, 0.25) is 5.02 Å². The van der Waals surface area contributed by atoms with E-state index in [0.717, 1.165) is 16.4 Å². The zero-order valence-corrected chi connectivity index (χ0v) is 10.8. The zero-order valence-electron chi connectivity index (χ0n) is 10.0. The molecule has 3 rings (SSSR count). The Morgan fingerprint density at radius 3 is 2.56 bits per heavy atom. The van der Waals surface area contributed by atoms with Crippen LogP contribution < -0.4 is 5.73 Å². The van der Waals surface area contributed by atoms with E-state index in [2.05, 4.69) is 10.3 Å². The van der Waals surface area contributed by atoms with Crippen LogP contribution in [0, 0.1) is 0 Å². The van der Waals surface area contributed by atoms with Crippen LogP contribution in [-0.4, -0.2) is 15.0 Å². The first kappa shape index (κ1) is 11.7. The first-order valence-electron chi connectivity index (χ1n) is 6.20. The van der Waals surface area contributed by atoms with E-state index < -0.39 is 0 Å². The molecule has 1 fully saturated rings. The van der Waals surface area contributed by atoms with E-state index in [9.17, 15) is 0 Å². The molecule has 94 valence electrons. The Bertz CT molecular complexity index is 543. The molecule has 1 aromatic carbocycles. The van der Waals surface area contributed by atoms with Gasteiger partial charge in [-0.3, -0.25) is 0 Å². The van der Waals surface area contributed by atoms with Crippen LogP contribution >= 0.6 is 11.6 Å². The molecule has 2 N–H and O–H groups in total. The third kappa shape index (κ3) is 1.91. The minimum atomic E-state index is 0.444. The van der Waals surface area contributed by atoms with Crippen LogP contribution in [0.3, 0.4) is 0 Å². The molecule has 5 heteroatoms. The molecule has 0 bridgehead atoms. The van der Waals surface area contributed by atoms with Crippen molar-refractivity contribution in [1.82, 2.24) is 15.0 Å². The summed E-state index contributed by atoms with van der Waals surface area (Å²) >= 11 is 5.91. The molecule has 1 aromatic heterocycles. The molecule has 0 amide bonds. The van der Waals surface area contributed by atoms with Crippen molar-refractivity contribution in [2.24, 2.45) is 5.73 Å². The van der Waals surface area contributed by atoms with Gasteiger partial charge in [0, 0.05) is 17.5 Å². The monoisotopic (exact) mass is 262 g/mol. The van der Waals surface area contributed by atoms with E-state index in [-0.39, 0.29) is 0 Å². The lowest BCUT2D eigenvalue weighted by Crippen LogP contribution is -2.17. The lowest BCUT2D eigenvalue weighted by atomic mass is 9.82. The Balaban J connectivity index is 2.05. The average Bonchev–Trinajstić information content (AvgIpc) is 2.72. The van der Waals surface area contributed by atoms with E-state index in [1.54, 1.807) is 0 Å². The Kier molecular flexibility index (Phi) is 3.06. The van der Waals surface area contributed by atoms with E-state index in [4.69, 9.17) is 17.3 Å². The highest BCUT2D eigenvalue weighted by atomic mass is 35.5. The molecular weight excluding hydrogens is 248 g/mol. The molecule has 1 aliphatic carbocycles. The first-order valence-corrected chi connectivity index (χ1v) is 6.58. The normalized spacial score (nSPS) is 15.7. The fourth-order valence-corrected chi connectivity index (χ4v) is 2.46. The lowest BCUT2D eigenvalue weighted by Gasteiger charge is -2.26. The van der Waals surface area contributed by atoms with Crippen LogP contribution in [0.4, 0.5) is 0 Å². The molecule has 0 spiro atoms. The molecule has 1 aliphatic rings. The molecular formula is C13H15ClN4. The fourth-order valence-electron chi connectivity index (χ4n) is 2.33. The smallest absolute Gasteiger partial charge is 0.100 e. The topological polar surface area (TPSA) is 56.7 Å². The maximum atomic E-state index is 5.91. The predicted octanol–water partition coefficient (Wildman–Crippen LogP) is 2.65. The number of nitrogens with zero attached hydrogens (tertiary/aromatic N) is 3. The van der Waals surface area contributed by atoms with Crippen molar-refractivity contribution in [2.75, 3.05) is 0 Å². The summed E-state index contributed by atoms with van der Waals surface area (Å²) in [5.41, 5.74) is 8.82. The molecule has 0 unspecified atom stereocenters. The van der Waals surface area contributed by atoms with E-state index in [1.165, 1.54) is 25.0 Å². The van der Waals surface area contributed by atoms with Gasteiger partial charge in [-0.05, 0) is 37.1 Å². The van der Waals surface area contributed by atoms with Gasteiger partial charge in [-0.2, -0.15) is 0 Å². The van der Waals surface area contributed by atoms with Gasteiger partial charge in [0.2, 0.25) is 0 Å². The summed E-state index contributed by atoms with van der Waals surface area (Å²) in [5.74, 6) is 0.550. The number of halogens is 1. The van der Waals surface area contributed by atoms with Gasteiger partial charge in [-0.1, -0.05) is 23.2 Å². The summed E-state index contributed by atoms with van der Waals surface area (Å²) < 4.78 is 1.91. The lowest BCUT2D eigenvalue weighted by molar-refractivity contribution is 0.401. The highest BCUT2D eigenvalue weighted by molar-refractivity contribution is 6.30. The third-order valence-electron chi connectivity index (χ3n) is 3.54. The van der Waals surface area contributed by atoms with Crippen LogP contribution in [0.5, 0.6) is 0 Å². The Labute approximate surface area is 111 Å². The summed E-state index contributed by atoms with van der Waals surface area (Å²) in [6.07, 6.45) is 3.68. The summed E-state index contributed by atoms with van der Waals surface area (Å²) in [5, 5.41) is 9.15. The van der Waals surface area contributed by atoms with Crippen LogP contribution in [0.15, 0.2) is 24.3 Å². The van der Waals surface area contributed by atoms with Crippen molar-refractivity contribution in [1.29, 1.82) is 0 Å². The fraction of sp³-hybridized carbons (Fsp3) is 0.385. The van der Waals surface area contributed by atoms with Crippen molar-refractivity contribution in [3.63, 3.8) is 0 Å². The van der Waals surface area contributed by atoms with Crippen LogP contribution in [0.1, 0.15) is 36.6 Å². The van der Waals surface area contributed by atoms with Gasteiger partial charge < -0.3 is 5.73 Å². The van der Waals surface area contributed by atoms with Gasteiger partial charge in [0.15, 0.2) is 0 Å². The maximum Gasteiger partial charge on any atom is 0.100 e. The largest absolute Gasteiger partial charge is 0.325 e. The van der Waals surface area contributed by atoms with Crippen molar-refractivity contribution in [3.05, 3.63) is 40.7 Å². The molecule has 18 heavy (non-hydrogen) atoms. The summed E-state index contributed by atoms with van der Waals surface area (Å²) in [6.45, 7) is 0.444. The molecule has 4 nitrogen and oxygen atoms in total. The quantitative estimate of drug-likeness (QED) is 0.925. The van der Waals surface area contributed by atoms with Crippen molar-refractivity contribution in [2.45, 2.75) is 31.7 Å². The minimum Gasteiger partial charge on any atom is -0.325 e. The molecule has 0 aliphatic heterocycles. The molecule has 0 radical (unpaired) electrons. The standard InChI is InChI=1S/C13H15ClN4/c14-10-4-6-11(7-5-10)18-13(9-2-1-3-9)12(8-15)16-17-18/h4-7,9H,1-3,8,15H2. The highest BCUT2D eigenvalue weighted by Crippen LogP contribution is 2.38. The minimum absolute atomic E-state index is 0.444. The second-order valence-corrected chi connectivity index (χ2v) is 5.08. The average molecular weight is 263 g/mol. The van der Waals surface area contributed by atoms with Crippen molar-refractivity contribution in [3.8, 4) is 5.69 Å². The van der Waals surface area contributed by atoms with Crippen molar-refractivity contribution < 1.29 is 0 Å². The number of aromatic nitrogens is 3. The summed E-state index contributed by atoms with van der Waals surface area (Å²) in [7, 11) is 0. The van der Waals surface area contributed by atoms with E-state index >= 15 is 0 Å². The third-order valence-corrected chi connectivity index (χ3v) is 3.79. The zero-order chi connectivity index (χ0) is 12.5. The number of nitrogens with two attached hydrogens (primary N) is 1. The van der Waals surface area contributed by atoms with Gasteiger partial charge in [0.05, 0.1) is 11.4 Å². The molecule has 0 saturated heterocycles. The molecule has 0 atom stereocenters. The van der Waals surface area contributed by atoms with Crippen LogP contribution in [-0.2, 0) is 6.54 Å². The van der Waals surface area contributed by atoms with Gasteiger partial charge in [0.25, 0.3) is 0 Å². The van der Waals surface area contributed by atoms with Gasteiger partial charge in [-0.15, -0.1) is 5.10 Å². The number of hydrogen-bond donors (Lipinski definition) is 1. The number of hydrogen-bond acceptors (Lipinski definition) is 3. The van der Waals surface area contributed by atoms with Gasteiger partial charge in [-0.25, -0.2) is 4.68 Å². The molecule has 1 heterocycles. The Morgan fingerprint density at radius 2 is 2.00 bits per heavy atom. The highest BCUT2D eigenvalue weighted by Gasteiger charge is 2.27. The Morgan fingerprint density at radius 1 is 1.28 bits per heavy atom. The van der Waals surface area contributed by atoms with Crippen LogP contribution in [0.25, 0.3) is 5.69 Å².